The predicted molar refractivity (Wildman–Crippen MR) is 87.2 cm³/mol. The van der Waals surface area contributed by atoms with Crippen molar-refractivity contribution in [3.63, 3.8) is 0 Å². The summed E-state index contributed by atoms with van der Waals surface area (Å²) in [6, 6.07) is 7.65. The Labute approximate surface area is 124 Å². The zero-order valence-corrected chi connectivity index (χ0v) is 13.1. The van der Waals surface area contributed by atoms with E-state index in [0.29, 0.717) is 0 Å². The normalized spacial score (nSPS) is 10.9. The lowest BCUT2D eigenvalue weighted by molar-refractivity contribution is 0.229. The second kappa shape index (κ2) is 10.6. The van der Waals surface area contributed by atoms with E-state index in [9.17, 15) is 0 Å². The third-order valence-electron chi connectivity index (χ3n) is 3.40. The zero-order valence-electron chi connectivity index (χ0n) is 13.1. The molecule has 114 valence electrons. The molecular weight excluding hydrogens is 248 g/mol. The number of nitrogens with two attached hydrogens (primary N) is 1. The molecule has 1 rings (SSSR count). The fourth-order valence-electron chi connectivity index (χ4n) is 2.18. The van der Waals surface area contributed by atoms with Crippen molar-refractivity contribution in [1.29, 1.82) is 0 Å². The molecule has 0 unspecified atom stereocenters. The third-order valence-corrected chi connectivity index (χ3v) is 3.40. The molecule has 0 fully saturated rings. The van der Waals surface area contributed by atoms with E-state index in [4.69, 9.17) is 10.5 Å². The fraction of sp³-hybridized carbons (Fsp3) is 0.647. The molecule has 20 heavy (non-hydrogen) atoms. The topological polar surface area (TPSA) is 38.5 Å². The summed E-state index contributed by atoms with van der Waals surface area (Å²) in [6.07, 6.45) is 6.19. The molecule has 0 aliphatic rings. The van der Waals surface area contributed by atoms with Crippen molar-refractivity contribution < 1.29 is 4.74 Å². The van der Waals surface area contributed by atoms with E-state index in [0.717, 1.165) is 31.0 Å². The zero-order chi connectivity index (χ0) is 14.6. The number of ether oxygens (including phenoxy) is 1. The molecule has 1 aromatic carbocycles. The smallest absolute Gasteiger partial charge is 0.121 e. The van der Waals surface area contributed by atoms with Gasteiger partial charge in [0.1, 0.15) is 5.75 Å². The molecular formula is C17H30N2O. The Hall–Kier alpha value is -1.22. The molecule has 2 N–H and O–H groups in total. The second-order valence-electron chi connectivity index (χ2n) is 5.32. The van der Waals surface area contributed by atoms with Crippen LogP contribution in [-0.2, 0) is 0 Å². The fourth-order valence-corrected chi connectivity index (χ4v) is 2.18. The minimum absolute atomic E-state index is 0.759. The lowest BCUT2D eigenvalue weighted by Gasteiger charge is -2.21. The highest BCUT2D eigenvalue weighted by atomic mass is 16.5. The largest absolute Gasteiger partial charge is 0.493 e. The summed E-state index contributed by atoms with van der Waals surface area (Å²) < 4.78 is 5.74. The van der Waals surface area contributed by atoms with Crippen LogP contribution in [0.25, 0.3) is 0 Å². The number of hydrogen-bond acceptors (Lipinski definition) is 3. The minimum atomic E-state index is 0.759. The summed E-state index contributed by atoms with van der Waals surface area (Å²) >= 11 is 0. The van der Waals surface area contributed by atoms with Crippen LogP contribution in [0.1, 0.15) is 46.0 Å². The van der Waals surface area contributed by atoms with Gasteiger partial charge in [-0.25, -0.2) is 0 Å². The van der Waals surface area contributed by atoms with Crippen molar-refractivity contribution in [3.8, 4) is 5.75 Å². The second-order valence-corrected chi connectivity index (χ2v) is 5.32. The summed E-state index contributed by atoms with van der Waals surface area (Å²) in [4.78, 5) is 2.57. The van der Waals surface area contributed by atoms with Crippen molar-refractivity contribution in [2.45, 2.75) is 46.0 Å². The molecule has 0 saturated heterocycles. The summed E-state index contributed by atoms with van der Waals surface area (Å²) in [5, 5.41) is 0. The highest BCUT2D eigenvalue weighted by molar-refractivity contribution is 5.43. The highest BCUT2D eigenvalue weighted by Crippen LogP contribution is 2.14. The molecule has 0 aromatic heterocycles. The monoisotopic (exact) mass is 278 g/mol. The van der Waals surface area contributed by atoms with Gasteiger partial charge in [0.25, 0.3) is 0 Å². The molecule has 0 aliphatic carbocycles. The Balaban J connectivity index is 2.21. The van der Waals surface area contributed by atoms with Gasteiger partial charge in [-0.2, -0.15) is 0 Å². The molecule has 0 spiro atoms. The Morgan fingerprint density at radius 3 is 2.25 bits per heavy atom. The van der Waals surface area contributed by atoms with Crippen LogP contribution in [0.15, 0.2) is 24.3 Å². The van der Waals surface area contributed by atoms with Crippen LogP contribution in [0.4, 0.5) is 5.69 Å². The first-order chi connectivity index (χ1) is 9.76. The molecule has 0 radical (unpaired) electrons. The Kier molecular flexibility index (Phi) is 8.88. The average molecular weight is 278 g/mol. The van der Waals surface area contributed by atoms with Crippen molar-refractivity contribution in [2.24, 2.45) is 0 Å². The Morgan fingerprint density at radius 1 is 1.00 bits per heavy atom. The van der Waals surface area contributed by atoms with Crippen LogP contribution < -0.4 is 10.5 Å². The first-order valence-electron chi connectivity index (χ1n) is 7.97. The van der Waals surface area contributed by atoms with Crippen LogP contribution in [0.3, 0.4) is 0 Å². The molecule has 3 heteroatoms. The molecule has 0 aliphatic heterocycles. The Bertz CT molecular complexity index is 347. The van der Waals surface area contributed by atoms with Gasteiger partial charge < -0.3 is 15.4 Å². The van der Waals surface area contributed by atoms with Gasteiger partial charge in [-0.15, -0.1) is 0 Å². The lowest BCUT2D eigenvalue weighted by atomic mass is 10.2. The standard InChI is InChI=1S/C17H30N2O/c1-3-5-11-19(12-6-4-2)13-8-14-20-17-10-7-9-16(18)15-17/h7,9-10,15H,3-6,8,11-14,18H2,1-2H3. The molecule has 3 nitrogen and oxygen atoms in total. The van der Waals surface area contributed by atoms with Crippen molar-refractivity contribution in [2.75, 3.05) is 32.0 Å². The molecule has 0 bridgehead atoms. The quantitative estimate of drug-likeness (QED) is 0.492. The molecule has 1 aromatic rings. The highest BCUT2D eigenvalue weighted by Gasteiger charge is 2.03. The van der Waals surface area contributed by atoms with Gasteiger partial charge >= 0.3 is 0 Å². The van der Waals surface area contributed by atoms with Crippen molar-refractivity contribution in [3.05, 3.63) is 24.3 Å². The van der Waals surface area contributed by atoms with Crippen molar-refractivity contribution in [1.82, 2.24) is 4.90 Å². The van der Waals surface area contributed by atoms with E-state index in [-0.39, 0.29) is 0 Å². The number of benzene rings is 1. The van der Waals surface area contributed by atoms with Gasteiger partial charge in [0.05, 0.1) is 6.61 Å². The van der Waals surface area contributed by atoms with E-state index >= 15 is 0 Å². The van der Waals surface area contributed by atoms with Gasteiger partial charge in [0, 0.05) is 18.3 Å². The first-order valence-corrected chi connectivity index (χ1v) is 7.97. The van der Waals surface area contributed by atoms with Gasteiger partial charge in [0.15, 0.2) is 0 Å². The summed E-state index contributed by atoms with van der Waals surface area (Å²) in [5.41, 5.74) is 6.49. The number of rotatable bonds is 11. The van der Waals surface area contributed by atoms with E-state index < -0.39 is 0 Å². The SMILES string of the molecule is CCCCN(CCCC)CCCOc1cccc(N)c1. The number of nitrogens with zero attached hydrogens (tertiary/aromatic N) is 1. The van der Waals surface area contributed by atoms with Crippen LogP contribution >= 0.6 is 0 Å². The predicted octanol–water partition coefficient (Wildman–Crippen LogP) is 3.94. The van der Waals surface area contributed by atoms with Crippen LogP contribution in [0.5, 0.6) is 5.75 Å². The molecule has 0 atom stereocenters. The summed E-state index contributed by atoms with van der Waals surface area (Å²) in [7, 11) is 0. The summed E-state index contributed by atoms with van der Waals surface area (Å²) in [6.45, 7) is 8.83. The van der Waals surface area contributed by atoms with E-state index in [1.807, 2.05) is 24.3 Å². The van der Waals surface area contributed by atoms with Gasteiger partial charge in [-0.1, -0.05) is 32.8 Å². The maximum atomic E-state index is 5.74. The first kappa shape index (κ1) is 16.8. The maximum Gasteiger partial charge on any atom is 0.121 e. The lowest BCUT2D eigenvalue weighted by Crippen LogP contribution is -2.28. The van der Waals surface area contributed by atoms with Gasteiger partial charge in [-0.3, -0.25) is 0 Å². The summed E-state index contributed by atoms with van der Waals surface area (Å²) in [5.74, 6) is 0.874. The maximum absolute atomic E-state index is 5.74. The number of unbranched alkanes of at least 4 members (excludes halogenated alkanes) is 2. The molecule has 0 saturated carbocycles. The number of hydrogen-bond donors (Lipinski definition) is 1. The number of nitrogen functional groups attached to an aromatic ring is 1. The van der Waals surface area contributed by atoms with Gasteiger partial charge in [0.2, 0.25) is 0 Å². The molecule has 0 amide bonds. The van der Waals surface area contributed by atoms with Crippen LogP contribution in [-0.4, -0.2) is 31.1 Å². The van der Waals surface area contributed by atoms with E-state index in [1.54, 1.807) is 0 Å². The average Bonchev–Trinajstić information content (AvgIpc) is 2.45. The van der Waals surface area contributed by atoms with Crippen LogP contribution in [0, 0.1) is 0 Å². The Morgan fingerprint density at radius 2 is 1.65 bits per heavy atom. The van der Waals surface area contributed by atoms with E-state index in [2.05, 4.69) is 18.7 Å². The van der Waals surface area contributed by atoms with Gasteiger partial charge in [-0.05, 0) is 44.5 Å². The van der Waals surface area contributed by atoms with Crippen LogP contribution in [0.2, 0.25) is 0 Å². The molecule has 0 heterocycles. The van der Waals surface area contributed by atoms with Crippen molar-refractivity contribution >= 4 is 5.69 Å². The third kappa shape index (κ3) is 7.39. The van der Waals surface area contributed by atoms with E-state index in [1.165, 1.54) is 38.8 Å². The number of anilines is 1. The minimum Gasteiger partial charge on any atom is -0.493 e.